The van der Waals surface area contributed by atoms with Gasteiger partial charge in [0.1, 0.15) is 12.2 Å². The van der Waals surface area contributed by atoms with Gasteiger partial charge in [-0.3, -0.25) is 0 Å². The van der Waals surface area contributed by atoms with Gasteiger partial charge in [0.15, 0.2) is 0 Å². The molecule has 0 aliphatic heterocycles. The zero-order chi connectivity index (χ0) is 15.6. The summed E-state index contributed by atoms with van der Waals surface area (Å²) in [5.74, 6) is 0. The lowest BCUT2D eigenvalue weighted by atomic mass is 10.0. The highest BCUT2D eigenvalue weighted by molar-refractivity contribution is 9.09. The predicted octanol–water partition coefficient (Wildman–Crippen LogP) is 2.21. The summed E-state index contributed by atoms with van der Waals surface area (Å²) in [4.78, 5) is -0.0869. The maximum atomic E-state index is 9.99. The van der Waals surface area contributed by atoms with Crippen molar-refractivity contribution in [3.8, 4) is 0 Å². The van der Waals surface area contributed by atoms with Crippen molar-refractivity contribution in [2.24, 2.45) is 0 Å². The monoisotopic (exact) mass is 348 g/mol. The van der Waals surface area contributed by atoms with Crippen LogP contribution >= 0.6 is 15.9 Å². The molecule has 0 aromatic heterocycles. The summed E-state index contributed by atoms with van der Waals surface area (Å²) in [6, 6.07) is 0. The normalized spacial score (nSPS) is 16.9. The number of hydrogen-bond acceptors (Lipinski definition) is 4. The van der Waals surface area contributed by atoms with Gasteiger partial charge in [-0.25, -0.2) is 0 Å². The third kappa shape index (κ3) is 7.36. The van der Waals surface area contributed by atoms with Crippen molar-refractivity contribution >= 4 is 15.9 Å². The second-order valence-corrected chi connectivity index (χ2v) is 5.81. The minimum Gasteiger partial charge on any atom is -0.394 e. The van der Waals surface area contributed by atoms with Crippen molar-refractivity contribution in [3.05, 3.63) is 37.5 Å². The molecule has 4 nitrogen and oxygen atoms in total. The molecule has 0 aromatic rings. The number of aliphatic hydroxyl groups is 2. The van der Waals surface area contributed by atoms with Crippen LogP contribution < -0.4 is 0 Å². The van der Waals surface area contributed by atoms with Gasteiger partial charge in [0.05, 0.1) is 30.2 Å². The molecular weight excluding hydrogens is 324 g/mol. The van der Waals surface area contributed by atoms with Crippen LogP contribution in [-0.4, -0.2) is 52.7 Å². The smallest absolute Gasteiger partial charge is 0.111 e. The predicted molar refractivity (Wildman–Crippen MR) is 85.1 cm³/mol. The number of halogens is 1. The largest absolute Gasteiger partial charge is 0.394 e. The van der Waals surface area contributed by atoms with E-state index in [0.29, 0.717) is 13.2 Å². The number of rotatable bonds is 11. The standard InChI is InChI=1S/C15H25BrO4/c1-5-9-19-10-7-8-12(18)13(11-17)20-15(3,4)14(16)6-2/h5-8,12-14,17-18H,1-2,9-11H2,3-4H3/b8-7+/t12-,13-,14+/m0/s1. The number of ether oxygens (including phenoxy) is 2. The number of hydrogen-bond donors (Lipinski definition) is 2. The van der Waals surface area contributed by atoms with E-state index in [2.05, 4.69) is 29.1 Å². The first-order valence-corrected chi connectivity index (χ1v) is 7.39. The van der Waals surface area contributed by atoms with Gasteiger partial charge in [-0.05, 0) is 13.8 Å². The molecule has 0 aliphatic carbocycles. The molecule has 0 amide bonds. The summed E-state index contributed by atoms with van der Waals surface area (Å²) in [5.41, 5.74) is -0.594. The van der Waals surface area contributed by atoms with Crippen LogP contribution in [0.4, 0.5) is 0 Å². The molecule has 0 unspecified atom stereocenters. The van der Waals surface area contributed by atoms with Gasteiger partial charge in [0, 0.05) is 0 Å². The average Bonchev–Trinajstić information content (AvgIpc) is 2.43. The summed E-state index contributed by atoms with van der Waals surface area (Å²) in [6.45, 7) is 11.5. The SMILES string of the molecule is C=CCOC/C=C/[C@H](O)[C@H](CO)OC(C)(C)[C@H](Br)C=C. The molecule has 20 heavy (non-hydrogen) atoms. The molecule has 0 heterocycles. The van der Waals surface area contributed by atoms with Crippen LogP contribution in [0.2, 0.25) is 0 Å². The highest BCUT2D eigenvalue weighted by atomic mass is 79.9. The van der Waals surface area contributed by atoms with Crippen molar-refractivity contribution < 1.29 is 19.7 Å². The van der Waals surface area contributed by atoms with E-state index in [-0.39, 0.29) is 11.4 Å². The molecule has 0 saturated heterocycles. The first-order valence-electron chi connectivity index (χ1n) is 6.47. The molecule has 116 valence electrons. The van der Waals surface area contributed by atoms with Gasteiger partial charge in [0.25, 0.3) is 0 Å². The van der Waals surface area contributed by atoms with Crippen LogP contribution in [-0.2, 0) is 9.47 Å². The van der Waals surface area contributed by atoms with Crippen molar-refractivity contribution in [2.45, 2.75) is 36.5 Å². The van der Waals surface area contributed by atoms with Crippen molar-refractivity contribution in [1.82, 2.24) is 0 Å². The van der Waals surface area contributed by atoms with E-state index in [4.69, 9.17) is 9.47 Å². The molecule has 0 rings (SSSR count). The fraction of sp³-hybridized carbons (Fsp3) is 0.600. The summed E-state index contributed by atoms with van der Waals surface area (Å²) < 4.78 is 10.9. The van der Waals surface area contributed by atoms with Crippen molar-refractivity contribution in [1.29, 1.82) is 0 Å². The third-order valence-electron chi connectivity index (χ3n) is 2.67. The van der Waals surface area contributed by atoms with Gasteiger partial charge in [0.2, 0.25) is 0 Å². The minimum atomic E-state index is -0.906. The summed E-state index contributed by atoms with van der Waals surface area (Å²) >= 11 is 3.43. The van der Waals surface area contributed by atoms with E-state index in [1.807, 2.05) is 13.8 Å². The van der Waals surface area contributed by atoms with Gasteiger partial charge in [-0.2, -0.15) is 0 Å². The molecular formula is C15H25BrO4. The zero-order valence-corrected chi connectivity index (χ0v) is 13.8. The number of alkyl halides is 1. The van der Waals surface area contributed by atoms with Gasteiger partial charge in [-0.15, -0.1) is 13.2 Å². The lowest BCUT2D eigenvalue weighted by Crippen LogP contribution is -2.43. The fourth-order valence-electron chi connectivity index (χ4n) is 1.49. The van der Waals surface area contributed by atoms with E-state index in [9.17, 15) is 10.2 Å². The second kappa shape index (κ2) is 10.3. The Hall–Kier alpha value is -0.460. The van der Waals surface area contributed by atoms with Crippen LogP contribution in [0.15, 0.2) is 37.5 Å². The molecule has 0 spiro atoms. The van der Waals surface area contributed by atoms with Crippen LogP contribution in [0.25, 0.3) is 0 Å². The molecule has 0 aromatic carbocycles. The third-order valence-corrected chi connectivity index (χ3v) is 4.15. The lowest BCUT2D eigenvalue weighted by molar-refractivity contribution is -0.120. The molecule has 0 radical (unpaired) electrons. The van der Waals surface area contributed by atoms with Gasteiger partial charge >= 0.3 is 0 Å². The van der Waals surface area contributed by atoms with E-state index in [1.165, 1.54) is 0 Å². The average molecular weight is 349 g/mol. The first-order chi connectivity index (χ1) is 9.38. The van der Waals surface area contributed by atoms with Crippen LogP contribution in [0.3, 0.4) is 0 Å². The fourth-order valence-corrected chi connectivity index (χ4v) is 1.60. The van der Waals surface area contributed by atoms with Crippen molar-refractivity contribution in [2.75, 3.05) is 19.8 Å². The van der Waals surface area contributed by atoms with E-state index in [0.717, 1.165) is 0 Å². The Morgan fingerprint density at radius 3 is 2.45 bits per heavy atom. The quantitative estimate of drug-likeness (QED) is 0.341. The Balaban J connectivity index is 4.43. The molecule has 0 bridgehead atoms. The molecule has 3 atom stereocenters. The molecule has 2 N–H and O–H groups in total. The Bertz CT molecular complexity index is 315. The maximum Gasteiger partial charge on any atom is 0.111 e. The summed E-state index contributed by atoms with van der Waals surface area (Å²) in [7, 11) is 0. The lowest BCUT2D eigenvalue weighted by Gasteiger charge is -2.34. The van der Waals surface area contributed by atoms with Crippen LogP contribution in [0.1, 0.15) is 13.8 Å². The second-order valence-electron chi connectivity index (χ2n) is 4.82. The Kier molecular flexibility index (Phi) is 10.1. The number of aliphatic hydroxyl groups excluding tert-OH is 2. The highest BCUT2D eigenvalue weighted by Crippen LogP contribution is 2.25. The van der Waals surface area contributed by atoms with Gasteiger partial charge in [-0.1, -0.05) is 40.2 Å². The van der Waals surface area contributed by atoms with E-state index < -0.39 is 17.8 Å². The van der Waals surface area contributed by atoms with E-state index in [1.54, 1.807) is 24.3 Å². The molecule has 0 fully saturated rings. The van der Waals surface area contributed by atoms with Crippen LogP contribution in [0, 0.1) is 0 Å². The zero-order valence-electron chi connectivity index (χ0n) is 12.2. The summed E-state index contributed by atoms with van der Waals surface area (Å²) in [6.07, 6.45) is 4.98. The minimum absolute atomic E-state index is 0.0869. The van der Waals surface area contributed by atoms with E-state index >= 15 is 0 Å². The topological polar surface area (TPSA) is 58.9 Å². The Morgan fingerprint density at radius 1 is 1.30 bits per heavy atom. The Morgan fingerprint density at radius 2 is 1.95 bits per heavy atom. The molecule has 5 heteroatoms. The first kappa shape index (κ1) is 19.5. The molecule has 0 aliphatic rings. The van der Waals surface area contributed by atoms with Crippen LogP contribution in [0.5, 0.6) is 0 Å². The highest BCUT2D eigenvalue weighted by Gasteiger charge is 2.31. The molecule has 0 saturated carbocycles. The van der Waals surface area contributed by atoms with Crippen molar-refractivity contribution in [3.63, 3.8) is 0 Å². The Labute approximate surface area is 129 Å². The maximum absolute atomic E-state index is 9.99. The van der Waals surface area contributed by atoms with Gasteiger partial charge < -0.3 is 19.7 Å². The summed E-state index contributed by atoms with van der Waals surface area (Å²) in [5, 5.41) is 19.3.